The quantitative estimate of drug-likeness (QED) is 0.741. The van der Waals surface area contributed by atoms with Gasteiger partial charge >= 0.3 is 12.2 Å². The molecule has 1 amide bonds. The number of para-hydroxylation sites is 1. The van der Waals surface area contributed by atoms with Crippen LogP contribution in [0.4, 0.5) is 13.2 Å². The van der Waals surface area contributed by atoms with Gasteiger partial charge in [-0.25, -0.2) is 4.98 Å². The first-order chi connectivity index (χ1) is 13.4. The Labute approximate surface area is 158 Å². The first-order valence-corrected chi connectivity index (χ1v) is 8.84. The summed E-state index contributed by atoms with van der Waals surface area (Å²) >= 11 is 0. The number of ether oxygens (including phenoxy) is 1. The van der Waals surface area contributed by atoms with Crippen LogP contribution in [0.15, 0.2) is 42.6 Å². The molecule has 1 saturated heterocycles. The minimum atomic E-state index is -4.56. The zero-order valence-electron chi connectivity index (χ0n) is 14.7. The molecule has 1 aliphatic rings. The van der Waals surface area contributed by atoms with E-state index in [1.54, 1.807) is 11.0 Å². The lowest BCUT2D eigenvalue weighted by atomic mass is 10.1. The topological polar surface area (TPSA) is 71.1 Å². The summed E-state index contributed by atoms with van der Waals surface area (Å²) in [6.45, 7) is 0.811. The molecule has 1 fully saturated rings. The van der Waals surface area contributed by atoms with Gasteiger partial charge in [-0.15, -0.1) is 0 Å². The van der Waals surface area contributed by atoms with Gasteiger partial charge in [0.1, 0.15) is 11.8 Å². The van der Waals surface area contributed by atoms with Crippen LogP contribution in [0.5, 0.6) is 6.01 Å². The molecule has 3 aromatic rings. The highest BCUT2D eigenvalue weighted by Gasteiger charge is 2.33. The molecule has 1 unspecified atom stereocenters. The summed E-state index contributed by atoms with van der Waals surface area (Å²) < 4.78 is 43.9. The van der Waals surface area contributed by atoms with E-state index in [1.807, 2.05) is 24.3 Å². The first-order valence-electron chi connectivity index (χ1n) is 8.84. The number of hydrogen-bond donors (Lipinski definition) is 1. The summed E-state index contributed by atoms with van der Waals surface area (Å²) in [7, 11) is 0. The maximum Gasteiger partial charge on any atom is 0.433 e. The van der Waals surface area contributed by atoms with Crippen molar-refractivity contribution >= 4 is 16.8 Å². The first kappa shape index (κ1) is 18.3. The lowest BCUT2D eigenvalue weighted by Crippen LogP contribution is -2.44. The smallest absolute Gasteiger partial charge is 0.433 e. The van der Waals surface area contributed by atoms with Crippen LogP contribution in [0.2, 0.25) is 0 Å². The average molecular weight is 390 g/mol. The van der Waals surface area contributed by atoms with Crippen molar-refractivity contribution in [3.63, 3.8) is 0 Å². The van der Waals surface area contributed by atoms with Crippen LogP contribution in [-0.2, 0) is 6.18 Å². The van der Waals surface area contributed by atoms with Crippen LogP contribution in [0, 0.1) is 0 Å². The van der Waals surface area contributed by atoms with Gasteiger partial charge in [0, 0.05) is 23.6 Å². The number of H-pyrrole nitrogens is 1. The molecule has 0 spiro atoms. The number of amides is 1. The molecule has 3 heterocycles. The minimum absolute atomic E-state index is 0.172. The van der Waals surface area contributed by atoms with Gasteiger partial charge in [0.2, 0.25) is 0 Å². The van der Waals surface area contributed by atoms with Crippen molar-refractivity contribution in [1.82, 2.24) is 19.9 Å². The van der Waals surface area contributed by atoms with E-state index >= 15 is 0 Å². The Bertz CT molecular complexity index is 969. The number of likely N-dealkylation sites (tertiary alicyclic amines) is 1. The van der Waals surface area contributed by atoms with E-state index in [0.29, 0.717) is 25.1 Å². The molecule has 1 aliphatic heterocycles. The normalized spacial score (nSPS) is 17.7. The van der Waals surface area contributed by atoms with E-state index in [2.05, 4.69) is 15.0 Å². The number of benzene rings is 1. The fourth-order valence-corrected chi connectivity index (χ4v) is 3.28. The molecule has 2 aromatic heterocycles. The highest BCUT2D eigenvalue weighted by atomic mass is 19.4. The molecule has 1 atom stereocenters. The largest absolute Gasteiger partial charge is 0.458 e. The summed E-state index contributed by atoms with van der Waals surface area (Å²) in [4.78, 5) is 24.7. The van der Waals surface area contributed by atoms with Crippen molar-refractivity contribution in [2.75, 3.05) is 13.1 Å². The van der Waals surface area contributed by atoms with Crippen LogP contribution in [-0.4, -0.2) is 45.0 Å². The number of piperidine rings is 1. The molecule has 4 rings (SSSR count). The third kappa shape index (κ3) is 3.78. The lowest BCUT2D eigenvalue weighted by molar-refractivity contribution is -0.141. The van der Waals surface area contributed by atoms with Gasteiger partial charge in [0.15, 0.2) is 5.69 Å². The molecular weight excluding hydrogens is 373 g/mol. The van der Waals surface area contributed by atoms with Crippen molar-refractivity contribution in [1.29, 1.82) is 0 Å². The second-order valence-corrected chi connectivity index (χ2v) is 6.63. The zero-order valence-corrected chi connectivity index (χ0v) is 14.7. The summed E-state index contributed by atoms with van der Waals surface area (Å²) in [6.07, 6.45) is -2.73. The fourth-order valence-electron chi connectivity index (χ4n) is 3.28. The van der Waals surface area contributed by atoms with Crippen molar-refractivity contribution in [2.24, 2.45) is 0 Å². The maximum absolute atomic E-state index is 12.8. The van der Waals surface area contributed by atoms with Crippen LogP contribution in [0.25, 0.3) is 10.9 Å². The third-order valence-electron chi connectivity index (χ3n) is 4.62. The highest BCUT2D eigenvalue weighted by Crippen LogP contribution is 2.28. The number of alkyl halides is 3. The van der Waals surface area contributed by atoms with E-state index in [-0.39, 0.29) is 18.5 Å². The second kappa shape index (κ2) is 7.14. The molecule has 0 bridgehead atoms. The van der Waals surface area contributed by atoms with E-state index < -0.39 is 18.0 Å². The lowest BCUT2D eigenvalue weighted by Gasteiger charge is -2.32. The molecule has 1 aromatic carbocycles. The van der Waals surface area contributed by atoms with Gasteiger partial charge < -0.3 is 14.6 Å². The predicted octanol–water partition coefficient (Wildman–Crippen LogP) is 3.66. The Kier molecular flexibility index (Phi) is 4.66. The number of halogens is 3. The van der Waals surface area contributed by atoms with Gasteiger partial charge in [0.25, 0.3) is 5.91 Å². The molecule has 0 aliphatic carbocycles. The number of hydrogen-bond acceptors (Lipinski definition) is 4. The molecule has 28 heavy (non-hydrogen) atoms. The van der Waals surface area contributed by atoms with Gasteiger partial charge in [-0.05, 0) is 31.0 Å². The van der Waals surface area contributed by atoms with Gasteiger partial charge in [0.05, 0.1) is 6.54 Å². The number of rotatable bonds is 3. The molecule has 9 heteroatoms. The van der Waals surface area contributed by atoms with Gasteiger partial charge in [-0.3, -0.25) is 4.79 Å². The van der Waals surface area contributed by atoms with Crippen molar-refractivity contribution < 1.29 is 22.7 Å². The molecular formula is C19H17F3N4O2. The summed E-state index contributed by atoms with van der Waals surface area (Å²) in [5, 5.41) is 0.938. The second-order valence-electron chi connectivity index (χ2n) is 6.63. The summed E-state index contributed by atoms with van der Waals surface area (Å²) in [6, 6.07) is 9.82. The Hall–Kier alpha value is -3.10. The molecule has 0 radical (unpaired) electrons. The van der Waals surface area contributed by atoms with E-state index in [9.17, 15) is 18.0 Å². The van der Waals surface area contributed by atoms with Crippen LogP contribution in [0.3, 0.4) is 0 Å². The number of nitrogens with zero attached hydrogens (tertiary/aromatic N) is 3. The van der Waals surface area contributed by atoms with Gasteiger partial charge in [-0.1, -0.05) is 18.2 Å². The molecule has 0 saturated carbocycles. The fraction of sp³-hybridized carbons (Fsp3) is 0.316. The molecule has 1 N–H and O–H groups in total. The number of aromatic amines is 1. The number of carbonyl (C=O) groups is 1. The van der Waals surface area contributed by atoms with E-state index in [4.69, 9.17) is 4.74 Å². The molecule has 146 valence electrons. The van der Waals surface area contributed by atoms with Crippen molar-refractivity contribution in [2.45, 2.75) is 25.1 Å². The monoisotopic (exact) mass is 390 g/mol. The number of fused-ring (bicyclic) bond motifs is 1. The number of aromatic nitrogens is 3. The van der Waals surface area contributed by atoms with E-state index in [0.717, 1.165) is 23.2 Å². The Morgan fingerprint density at radius 3 is 2.86 bits per heavy atom. The van der Waals surface area contributed by atoms with Crippen LogP contribution < -0.4 is 4.74 Å². The van der Waals surface area contributed by atoms with Crippen molar-refractivity contribution in [3.05, 3.63) is 54.0 Å². The molecule has 6 nitrogen and oxygen atoms in total. The maximum atomic E-state index is 12.8. The van der Waals surface area contributed by atoms with Gasteiger partial charge in [-0.2, -0.15) is 18.2 Å². The predicted molar refractivity (Wildman–Crippen MR) is 94.9 cm³/mol. The minimum Gasteiger partial charge on any atom is -0.458 e. The highest BCUT2D eigenvalue weighted by molar-refractivity contribution is 5.98. The average Bonchev–Trinajstić information content (AvgIpc) is 3.11. The van der Waals surface area contributed by atoms with E-state index in [1.165, 1.54) is 0 Å². The Morgan fingerprint density at radius 1 is 1.25 bits per heavy atom. The number of nitrogens with one attached hydrogen (secondary N) is 1. The Balaban J connectivity index is 1.46. The standard InChI is InChI=1S/C19H17F3N4O2/c20-19(21,22)16-7-8-23-18(25-16)28-13-5-3-9-26(11-13)17(27)15-10-12-4-1-2-6-14(12)24-15/h1-2,4,6-8,10,13,24H,3,5,9,11H2. The summed E-state index contributed by atoms with van der Waals surface area (Å²) in [5.74, 6) is -0.172. The SMILES string of the molecule is O=C(c1cc2ccccc2[nH]1)N1CCCC(Oc2nccc(C(F)(F)F)n2)C1. The summed E-state index contributed by atoms with van der Waals surface area (Å²) in [5.41, 5.74) is 0.282. The number of carbonyl (C=O) groups excluding carboxylic acids is 1. The third-order valence-corrected chi connectivity index (χ3v) is 4.62. The van der Waals surface area contributed by atoms with Crippen molar-refractivity contribution in [3.8, 4) is 6.01 Å². The zero-order chi connectivity index (χ0) is 19.7. The van der Waals surface area contributed by atoms with Crippen LogP contribution in [0.1, 0.15) is 29.0 Å². The Morgan fingerprint density at radius 2 is 2.07 bits per heavy atom. The van der Waals surface area contributed by atoms with Crippen LogP contribution >= 0.6 is 0 Å².